The molecule has 0 bridgehead atoms. The molecule has 1 fully saturated rings. The minimum atomic E-state index is -1.08. The lowest BCUT2D eigenvalue weighted by molar-refractivity contribution is -0.156. The predicted octanol–water partition coefficient (Wildman–Crippen LogP) is 1.73. The van der Waals surface area contributed by atoms with E-state index >= 15 is 0 Å². The third kappa shape index (κ3) is 2.93. The molecule has 1 N–H and O–H groups in total. The van der Waals surface area contributed by atoms with E-state index in [1.54, 1.807) is 6.92 Å². The molecule has 0 radical (unpaired) electrons. The molecule has 2 aliphatic heterocycles. The highest BCUT2D eigenvalue weighted by Gasteiger charge is 2.42. The number of halogens is 2. The number of hydrogen-bond donors (Lipinski definition) is 1. The van der Waals surface area contributed by atoms with Gasteiger partial charge in [-0.25, -0.2) is 13.6 Å². The number of carboxylic acids is 1. The summed E-state index contributed by atoms with van der Waals surface area (Å²) in [7, 11) is 0. The molecule has 124 valence electrons. The minimum absolute atomic E-state index is 0.0479. The zero-order valence-corrected chi connectivity index (χ0v) is 12.6. The average Bonchev–Trinajstić information content (AvgIpc) is 2.88. The van der Waals surface area contributed by atoms with Crippen molar-refractivity contribution in [1.29, 1.82) is 0 Å². The Morgan fingerprint density at radius 3 is 2.74 bits per heavy atom. The van der Waals surface area contributed by atoms with Gasteiger partial charge in [-0.15, -0.1) is 0 Å². The monoisotopic (exact) mass is 325 g/mol. The van der Waals surface area contributed by atoms with Crippen LogP contribution in [0.2, 0.25) is 0 Å². The predicted molar refractivity (Wildman–Crippen MR) is 75.6 cm³/mol. The van der Waals surface area contributed by atoms with Crippen LogP contribution in [-0.4, -0.2) is 40.6 Å². The lowest BCUT2D eigenvalue weighted by Gasteiger charge is -2.31. The fourth-order valence-corrected chi connectivity index (χ4v) is 3.26. The molecule has 0 saturated carbocycles. The zero-order chi connectivity index (χ0) is 16.7. The Morgan fingerprint density at radius 1 is 1.35 bits per heavy atom. The Morgan fingerprint density at radius 2 is 2.09 bits per heavy atom. The number of amides is 1. The van der Waals surface area contributed by atoms with Crippen LogP contribution in [0.1, 0.15) is 24.5 Å². The van der Waals surface area contributed by atoms with Crippen molar-refractivity contribution in [3.8, 4) is 0 Å². The molecule has 1 aromatic carbocycles. The summed E-state index contributed by atoms with van der Waals surface area (Å²) in [4.78, 5) is 25.0. The van der Waals surface area contributed by atoms with Crippen LogP contribution in [0.3, 0.4) is 0 Å². The Balaban J connectivity index is 1.74. The molecule has 0 aliphatic carbocycles. The van der Waals surface area contributed by atoms with Gasteiger partial charge in [-0.05, 0) is 30.4 Å². The maximum absolute atomic E-state index is 13.9. The van der Waals surface area contributed by atoms with Crippen LogP contribution in [0.15, 0.2) is 12.1 Å². The molecule has 1 aromatic rings. The molecule has 0 unspecified atom stereocenters. The molecule has 2 aliphatic rings. The molecule has 7 heteroatoms. The zero-order valence-electron chi connectivity index (χ0n) is 12.6. The molecular weight excluding hydrogens is 308 g/mol. The SMILES string of the molecule is C[C@@H]1C[C@H](C(=O)N2CCc3cc(F)cc(F)c3C2)O[C@H]1C(=O)O. The van der Waals surface area contributed by atoms with Crippen LogP contribution in [0.4, 0.5) is 8.78 Å². The van der Waals surface area contributed by atoms with Gasteiger partial charge in [0.05, 0.1) is 0 Å². The molecule has 2 heterocycles. The highest BCUT2D eigenvalue weighted by Crippen LogP contribution is 2.30. The van der Waals surface area contributed by atoms with E-state index in [2.05, 4.69) is 0 Å². The Hall–Kier alpha value is -2.02. The molecule has 3 atom stereocenters. The molecular formula is C16H17F2NO4. The first kappa shape index (κ1) is 15.9. The van der Waals surface area contributed by atoms with Crippen molar-refractivity contribution in [2.24, 2.45) is 5.92 Å². The second-order valence-electron chi connectivity index (χ2n) is 6.13. The normalized spacial score (nSPS) is 26.9. The van der Waals surface area contributed by atoms with Gasteiger partial charge in [0.2, 0.25) is 0 Å². The van der Waals surface area contributed by atoms with Crippen molar-refractivity contribution in [2.75, 3.05) is 6.54 Å². The van der Waals surface area contributed by atoms with E-state index in [1.807, 2.05) is 0 Å². The number of carbonyl (C=O) groups excluding carboxylic acids is 1. The van der Waals surface area contributed by atoms with E-state index in [4.69, 9.17) is 9.84 Å². The minimum Gasteiger partial charge on any atom is -0.479 e. The van der Waals surface area contributed by atoms with E-state index < -0.39 is 29.8 Å². The molecule has 0 spiro atoms. The lowest BCUT2D eigenvalue weighted by Crippen LogP contribution is -2.42. The quantitative estimate of drug-likeness (QED) is 0.899. The number of fused-ring (bicyclic) bond motifs is 1. The van der Waals surface area contributed by atoms with Crippen molar-refractivity contribution in [3.63, 3.8) is 0 Å². The van der Waals surface area contributed by atoms with Crippen LogP contribution in [-0.2, 0) is 27.3 Å². The van der Waals surface area contributed by atoms with Crippen molar-refractivity contribution in [1.82, 2.24) is 4.90 Å². The van der Waals surface area contributed by atoms with Crippen LogP contribution in [0.25, 0.3) is 0 Å². The summed E-state index contributed by atoms with van der Waals surface area (Å²) in [6.07, 6.45) is -1.13. The van der Waals surface area contributed by atoms with Crippen molar-refractivity contribution < 1.29 is 28.2 Å². The number of benzene rings is 1. The number of carboxylic acid groups (broad SMARTS) is 1. The highest BCUT2D eigenvalue weighted by atomic mass is 19.1. The number of hydrogen-bond acceptors (Lipinski definition) is 3. The van der Waals surface area contributed by atoms with Crippen LogP contribution >= 0.6 is 0 Å². The summed E-state index contributed by atoms with van der Waals surface area (Å²) in [5.74, 6) is -2.97. The van der Waals surface area contributed by atoms with Gasteiger partial charge in [-0.3, -0.25) is 4.79 Å². The molecule has 0 aromatic heterocycles. The van der Waals surface area contributed by atoms with Gasteiger partial charge in [-0.2, -0.15) is 0 Å². The summed E-state index contributed by atoms with van der Waals surface area (Å²) in [6.45, 7) is 2.10. The van der Waals surface area contributed by atoms with E-state index in [9.17, 15) is 18.4 Å². The first-order valence-corrected chi connectivity index (χ1v) is 7.50. The van der Waals surface area contributed by atoms with Crippen molar-refractivity contribution in [2.45, 2.75) is 38.5 Å². The Bertz CT molecular complexity index is 664. The van der Waals surface area contributed by atoms with E-state index in [1.165, 1.54) is 11.0 Å². The van der Waals surface area contributed by atoms with Crippen LogP contribution < -0.4 is 0 Å². The molecule has 5 nitrogen and oxygen atoms in total. The van der Waals surface area contributed by atoms with E-state index in [0.29, 0.717) is 30.5 Å². The lowest BCUT2D eigenvalue weighted by atomic mass is 9.97. The van der Waals surface area contributed by atoms with Crippen molar-refractivity contribution >= 4 is 11.9 Å². The molecule has 1 saturated heterocycles. The number of carbonyl (C=O) groups is 2. The van der Waals surface area contributed by atoms with Gasteiger partial charge in [0, 0.05) is 24.7 Å². The molecule has 3 rings (SSSR count). The summed E-state index contributed by atoms with van der Waals surface area (Å²) in [5.41, 5.74) is 0.877. The Kier molecular flexibility index (Phi) is 4.06. The summed E-state index contributed by atoms with van der Waals surface area (Å²) < 4.78 is 32.5. The van der Waals surface area contributed by atoms with E-state index in [0.717, 1.165) is 6.07 Å². The summed E-state index contributed by atoms with van der Waals surface area (Å²) in [6, 6.07) is 2.09. The number of rotatable bonds is 2. The maximum atomic E-state index is 13.9. The van der Waals surface area contributed by atoms with Gasteiger partial charge in [-0.1, -0.05) is 6.92 Å². The first-order chi connectivity index (χ1) is 10.9. The van der Waals surface area contributed by atoms with E-state index in [-0.39, 0.29) is 18.4 Å². The largest absolute Gasteiger partial charge is 0.479 e. The second-order valence-corrected chi connectivity index (χ2v) is 6.13. The van der Waals surface area contributed by atoms with Crippen LogP contribution in [0.5, 0.6) is 0 Å². The van der Waals surface area contributed by atoms with Gasteiger partial charge in [0.25, 0.3) is 5.91 Å². The maximum Gasteiger partial charge on any atom is 0.333 e. The first-order valence-electron chi connectivity index (χ1n) is 7.50. The molecule has 23 heavy (non-hydrogen) atoms. The van der Waals surface area contributed by atoms with Gasteiger partial charge >= 0.3 is 5.97 Å². The fourth-order valence-electron chi connectivity index (χ4n) is 3.26. The van der Waals surface area contributed by atoms with Crippen LogP contribution in [0, 0.1) is 17.6 Å². The second kappa shape index (κ2) is 5.88. The van der Waals surface area contributed by atoms with Gasteiger partial charge in [0.1, 0.15) is 17.7 Å². The average molecular weight is 325 g/mol. The third-order valence-electron chi connectivity index (χ3n) is 4.50. The topological polar surface area (TPSA) is 66.8 Å². The molecule has 1 amide bonds. The summed E-state index contributed by atoms with van der Waals surface area (Å²) in [5, 5.41) is 9.05. The van der Waals surface area contributed by atoms with Gasteiger partial charge < -0.3 is 14.7 Å². The standard InChI is InChI=1S/C16H17F2NO4/c1-8-4-13(23-14(8)16(21)22)15(20)19-3-2-9-5-10(17)6-12(18)11(9)7-19/h5-6,8,13-14H,2-4,7H2,1H3,(H,21,22)/t8-,13-,14-/m1/s1. The van der Waals surface area contributed by atoms with Crippen molar-refractivity contribution in [3.05, 3.63) is 34.9 Å². The Labute approximate surface area is 131 Å². The third-order valence-corrected chi connectivity index (χ3v) is 4.50. The smallest absolute Gasteiger partial charge is 0.333 e. The summed E-state index contributed by atoms with van der Waals surface area (Å²) >= 11 is 0. The fraction of sp³-hybridized carbons (Fsp3) is 0.500. The number of nitrogens with zero attached hydrogens (tertiary/aromatic N) is 1. The number of aliphatic carboxylic acids is 1. The highest BCUT2D eigenvalue weighted by molar-refractivity contribution is 5.83. The van der Waals surface area contributed by atoms with Gasteiger partial charge in [0.15, 0.2) is 6.10 Å². The number of ether oxygens (including phenoxy) is 1.